The number of nitriles is 1. The molecule has 0 aliphatic heterocycles. The van der Waals surface area contributed by atoms with E-state index in [1.54, 1.807) is 41.2 Å². The first-order chi connectivity index (χ1) is 6.81. The average molecular weight is 184 g/mol. The van der Waals surface area contributed by atoms with Gasteiger partial charge >= 0.3 is 0 Å². The highest BCUT2D eigenvalue weighted by Crippen LogP contribution is 2.11. The van der Waals surface area contributed by atoms with Crippen LogP contribution >= 0.6 is 0 Å². The van der Waals surface area contributed by atoms with Crippen molar-refractivity contribution in [1.29, 1.82) is 5.26 Å². The predicted molar refractivity (Wildman–Crippen MR) is 52.7 cm³/mol. The Bertz CT molecular complexity index is 493. The van der Waals surface area contributed by atoms with Gasteiger partial charge in [0.05, 0.1) is 0 Å². The Labute approximate surface area is 81.2 Å². The molecule has 0 unspecified atom stereocenters. The van der Waals surface area contributed by atoms with E-state index >= 15 is 0 Å². The Kier molecular flexibility index (Phi) is 1.92. The van der Waals surface area contributed by atoms with E-state index in [2.05, 4.69) is 11.1 Å². The van der Waals surface area contributed by atoms with Crippen LogP contribution < -0.4 is 5.73 Å². The van der Waals surface area contributed by atoms with Gasteiger partial charge < -0.3 is 5.73 Å². The first kappa shape index (κ1) is 8.32. The zero-order valence-electron chi connectivity index (χ0n) is 7.38. The normalized spacial score (nSPS) is 9.64. The molecule has 4 heteroatoms. The summed E-state index contributed by atoms with van der Waals surface area (Å²) in [5.74, 6) is 0.659. The van der Waals surface area contributed by atoms with Crippen LogP contribution in [0.4, 0.5) is 5.69 Å². The van der Waals surface area contributed by atoms with E-state index in [9.17, 15) is 0 Å². The fourth-order valence-corrected chi connectivity index (χ4v) is 1.24. The summed E-state index contributed by atoms with van der Waals surface area (Å²) in [6.45, 7) is 0. The molecular weight excluding hydrogens is 176 g/mol. The molecule has 4 nitrogen and oxygen atoms in total. The fourth-order valence-electron chi connectivity index (χ4n) is 1.24. The third-order valence-corrected chi connectivity index (χ3v) is 1.88. The summed E-state index contributed by atoms with van der Waals surface area (Å²) in [4.78, 5) is 4.12. The number of hydrogen-bond donors (Lipinski definition) is 1. The van der Waals surface area contributed by atoms with E-state index in [0.717, 1.165) is 0 Å². The summed E-state index contributed by atoms with van der Waals surface area (Å²) in [6, 6.07) is 9.03. The standard InChI is InChI=1S/C10H8N4/c11-7-9-2-1-5-14(9)10-6-8(12)3-4-13-10/h1-6H,(H2,12,13). The van der Waals surface area contributed by atoms with Gasteiger partial charge in [0.2, 0.25) is 0 Å². The van der Waals surface area contributed by atoms with Crippen LogP contribution in [0.3, 0.4) is 0 Å². The van der Waals surface area contributed by atoms with Crippen LogP contribution in [0, 0.1) is 11.3 Å². The summed E-state index contributed by atoms with van der Waals surface area (Å²) in [6.07, 6.45) is 3.39. The van der Waals surface area contributed by atoms with Crippen molar-refractivity contribution in [3.05, 3.63) is 42.4 Å². The maximum atomic E-state index is 8.81. The smallest absolute Gasteiger partial charge is 0.139 e. The molecule has 0 spiro atoms. The minimum absolute atomic E-state index is 0.545. The van der Waals surface area contributed by atoms with Crippen molar-refractivity contribution >= 4 is 5.69 Å². The van der Waals surface area contributed by atoms with Crippen LogP contribution in [-0.2, 0) is 0 Å². The molecule has 0 saturated heterocycles. The molecule has 2 aromatic rings. The maximum absolute atomic E-state index is 8.81. The van der Waals surface area contributed by atoms with Crippen molar-refractivity contribution in [2.45, 2.75) is 0 Å². The third-order valence-electron chi connectivity index (χ3n) is 1.88. The van der Waals surface area contributed by atoms with Crippen molar-refractivity contribution in [2.75, 3.05) is 5.73 Å². The minimum Gasteiger partial charge on any atom is -0.399 e. The Hall–Kier alpha value is -2.28. The minimum atomic E-state index is 0.545. The Morgan fingerprint density at radius 3 is 3.00 bits per heavy atom. The summed E-state index contributed by atoms with van der Waals surface area (Å²) in [5.41, 5.74) is 6.80. The second kappa shape index (κ2) is 3.23. The zero-order chi connectivity index (χ0) is 9.97. The summed E-state index contributed by atoms with van der Waals surface area (Å²) in [5, 5.41) is 8.81. The van der Waals surface area contributed by atoms with Gasteiger partial charge in [-0.1, -0.05) is 0 Å². The number of nitrogens with zero attached hydrogens (tertiary/aromatic N) is 3. The Balaban J connectivity index is 2.56. The van der Waals surface area contributed by atoms with Gasteiger partial charge in [-0.3, -0.25) is 4.57 Å². The van der Waals surface area contributed by atoms with Gasteiger partial charge in [-0.05, 0) is 18.2 Å². The molecule has 0 aliphatic carbocycles. The van der Waals surface area contributed by atoms with Gasteiger partial charge in [-0.25, -0.2) is 4.98 Å². The molecule has 0 radical (unpaired) electrons. The van der Waals surface area contributed by atoms with Crippen LogP contribution in [0.2, 0.25) is 0 Å². The van der Waals surface area contributed by atoms with Gasteiger partial charge in [0, 0.05) is 24.1 Å². The topological polar surface area (TPSA) is 67.6 Å². The highest BCUT2D eigenvalue weighted by molar-refractivity contribution is 5.44. The molecule has 0 aliphatic rings. The van der Waals surface area contributed by atoms with E-state index < -0.39 is 0 Å². The van der Waals surface area contributed by atoms with Crippen molar-refractivity contribution in [1.82, 2.24) is 9.55 Å². The van der Waals surface area contributed by atoms with Crippen LogP contribution in [0.15, 0.2) is 36.7 Å². The van der Waals surface area contributed by atoms with E-state index in [-0.39, 0.29) is 0 Å². The highest BCUT2D eigenvalue weighted by Gasteiger charge is 2.02. The largest absolute Gasteiger partial charge is 0.399 e. The molecule has 0 atom stereocenters. The number of rotatable bonds is 1. The molecule has 0 fully saturated rings. The molecule has 2 heterocycles. The molecule has 2 N–H and O–H groups in total. The molecule has 0 saturated carbocycles. The van der Waals surface area contributed by atoms with Crippen molar-refractivity contribution in [3.8, 4) is 11.9 Å². The lowest BCUT2D eigenvalue weighted by atomic mass is 10.4. The number of pyridine rings is 1. The number of hydrogen-bond acceptors (Lipinski definition) is 3. The van der Waals surface area contributed by atoms with Gasteiger partial charge in [0.15, 0.2) is 0 Å². The number of aromatic nitrogens is 2. The second-order valence-electron chi connectivity index (χ2n) is 2.82. The molecular formula is C10H8N4. The van der Waals surface area contributed by atoms with Gasteiger partial charge in [0.1, 0.15) is 17.6 Å². The van der Waals surface area contributed by atoms with E-state index in [0.29, 0.717) is 17.2 Å². The first-order valence-corrected chi connectivity index (χ1v) is 4.10. The van der Waals surface area contributed by atoms with E-state index in [4.69, 9.17) is 11.0 Å². The molecule has 0 aromatic carbocycles. The average Bonchev–Trinajstić information content (AvgIpc) is 2.65. The van der Waals surface area contributed by atoms with Gasteiger partial charge in [-0.2, -0.15) is 5.26 Å². The number of nitrogens with two attached hydrogens (primary N) is 1. The molecule has 2 rings (SSSR count). The number of anilines is 1. The summed E-state index contributed by atoms with van der Waals surface area (Å²) < 4.78 is 1.69. The second-order valence-corrected chi connectivity index (χ2v) is 2.82. The lowest BCUT2D eigenvalue weighted by Crippen LogP contribution is -1.99. The maximum Gasteiger partial charge on any atom is 0.139 e. The lowest BCUT2D eigenvalue weighted by molar-refractivity contribution is 0.990. The molecule has 2 aromatic heterocycles. The van der Waals surface area contributed by atoms with Gasteiger partial charge in [-0.15, -0.1) is 0 Å². The third kappa shape index (κ3) is 1.31. The van der Waals surface area contributed by atoms with E-state index in [1.165, 1.54) is 0 Å². The summed E-state index contributed by atoms with van der Waals surface area (Å²) in [7, 11) is 0. The molecule has 14 heavy (non-hydrogen) atoms. The van der Waals surface area contributed by atoms with Gasteiger partial charge in [0.25, 0.3) is 0 Å². The monoisotopic (exact) mass is 184 g/mol. The molecule has 0 bridgehead atoms. The SMILES string of the molecule is N#Cc1cccn1-c1cc(N)ccn1. The van der Waals surface area contributed by atoms with Crippen LogP contribution in [0.25, 0.3) is 5.82 Å². The fraction of sp³-hybridized carbons (Fsp3) is 0. The number of nitrogen functional groups attached to an aromatic ring is 1. The van der Waals surface area contributed by atoms with Crippen molar-refractivity contribution in [3.63, 3.8) is 0 Å². The summed E-state index contributed by atoms with van der Waals surface area (Å²) >= 11 is 0. The molecule has 68 valence electrons. The predicted octanol–water partition coefficient (Wildman–Crippen LogP) is 1.33. The van der Waals surface area contributed by atoms with Crippen molar-refractivity contribution in [2.24, 2.45) is 0 Å². The van der Waals surface area contributed by atoms with Crippen LogP contribution in [0.5, 0.6) is 0 Å². The zero-order valence-corrected chi connectivity index (χ0v) is 7.38. The van der Waals surface area contributed by atoms with Crippen LogP contribution in [-0.4, -0.2) is 9.55 Å². The Morgan fingerprint density at radius 1 is 1.43 bits per heavy atom. The quantitative estimate of drug-likeness (QED) is 0.726. The van der Waals surface area contributed by atoms with E-state index in [1.807, 2.05) is 0 Å². The first-order valence-electron chi connectivity index (χ1n) is 4.10. The molecule has 0 amide bonds. The van der Waals surface area contributed by atoms with Crippen molar-refractivity contribution < 1.29 is 0 Å². The highest BCUT2D eigenvalue weighted by atomic mass is 15.1. The van der Waals surface area contributed by atoms with Crippen LogP contribution in [0.1, 0.15) is 5.69 Å². The Morgan fingerprint density at radius 2 is 2.29 bits per heavy atom. The lowest BCUT2D eigenvalue weighted by Gasteiger charge is -2.03.